The number of amides is 1. The monoisotopic (exact) mass is 765 g/mol. The summed E-state index contributed by atoms with van der Waals surface area (Å²) in [4.78, 5) is 38.5. The molecule has 2 aromatic carbocycles. The number of unbranched alkanes of at least 4 members (excludes halogenated alkanes) is 12. The summed E-state index contributed by atoms with van der Waals surface area (Å²) < 4.78 is 5.36. The first-order valence-electron chi connectivity index (χ1n) is 21.1. The predicted octanol–water partition coefficient (Wildman–Crippen LogP) is 10.8. The maximum atomic E-state index is 12.6. The van der Waals surface area contributed by atoms with Crippen LogP contribution in [0.1, 0.15) is 150 Å². The zero-order valence-corrected chi connectivity index (χ0v) is 34.6. The number of carbonyl (C=O) groups excluding carboxylic acids is 2. The lowest BCUT2D eigenvalue weighted by Crippen LogP contribution is -2.27. The van der Waals surface area contributed by atoms with E-state index in [-0.39, 0.29) is 30.1 Å². The third-order valence-corrected chi connectivity index (χ3v) is 9.91. The van der Waals surface area contributed by atoms with Crippen molar-refractivity contribution in [2.75, 3.05) is 29.9 Å². The van der Waals surface area contributed by atoms with Crippen LogP contribution in [0.4, 0.5) is 17.1 Å². The maximum Gasteiger partial charge on any atom is 0.306 e. The van der Waals surface area contributed by atoms with E-state index in [2.05, 4.69) is 68.1 Å². The molecule has 11 nitrogen and oxygen atoms in total. The fourth-order valence-electron chi connectivity index (χ4n) is 6.61. The third-order valence-electron chi connectivity index (χ3n) is 9.91. The number of ether oxygens (including phenoxy) is 1. The van der Waals surface area contributed by atoms with Gasteiger partial charge in [-0.1, -0.05) is 112 Å². The molecule has 0 saturated carbocycles. The molecule has 3 aromatic rings. The highest BCUT2D eigenvalue weighted by molar-refractivity contribution is 6.50. The molecule has 0 saturated heterocycles. The van der Waals surface area contributed by atoms with Gasteiger partial charge in [0.25, 0.3) is 0 Å². The SMILES string of the molecule is CCCCCCCCCCCCCCOC(=O)CCC(=O)Nc1ccc(-c2nc3n(n2)N=C(C(C)(C)C)C3=Nc2ccc(N(CCC#N)CCCC)cc2)cc1. The van der Waals surface area contributed by atoms with Gasteiger partial charge in [-0.25, -0.2) is 9.98 Å². The molecule has 0 fully saturated rings. The van der Waals surface area contributed by atoms with Crippen LogP contribution in [-0.2, 0) is 14.3 Å². The average molecular weight is 765 g/mol. The quantitative estimate of drug-likeness (QED) is 0.0669. The number of nitrogens with one attached hydrogen (secondary N) is 1. The lowest BCUT2D eigenvalue weighted by molar-refractivity contribution is -0.144. The zero-order valence-electron chi connectivity index (χ0n) is 34.6. The van der Waals surface area contributed by atoms with Crippen LogP contribution in [0, 0.1) is 16.7 Å². The van der Waals surface area contributed by atoms with E-state index in [1.807, 2.05) is 24.3 Å². The average Bonchev–Trinajstić information content (AvgIpc) is 3.76. The van der Waals surface area contributed by atoms with Gasteiger partial charge in [-0.2, -0.15) is 10.4 Å². The molecule has 0 spiro atoms. The zero-order chi connectivity index (χ0) is 40.2. The molecule has 0 radical (unpaired) electrons. The summed E-state index contributed by atoms with van der Waals surface area (Å²) in [5.74, 6) is 0.483. The van der Waals surface area contributed by atoms with Crippen molar-refractivity contribution >= 4 is 40.4 Å². The summed E-state index contributed by atoms with van der Waals surface area (Å²) in [5.41, 5.74) is 4.42. The number of esters is 1. The Kier molecular flexibility index (Phi) is 18.2. The molecule has 1 aromatic heterocycles. The lowest BCUT2D eigenvalue weighted by atomic mass is 9.87. The van der Waals surface area contributed by atoms with Crippen LogP contribution in [0.25, 0.3) is 11.4 Å². The number of hydrogen-bond donors (Lipinski definition) is 1. The topological polar surface area (TPSA) is 138 Å². The first-order chi connectivity index (χ1) is 27.1. The summed E-state index contributed by atoms with van der Waals surface area (Å²) in [7, 11) is 0. The number of aromatic nitrogens is 3. The van der Waals surface area contributed by atoms with Crippen LogP contribution < -0.4 is 10.2 Å². The van der Waals surface area contributed by atoms with E-state index in [9.17, 15) is 9.59 Å². The first kappa shape index (κ1) is 43.9. The molecule has 11 heteroatoms. The number of rotatable bonds is 25. The van der Waals surface area contributed by atoms with Crippen molar-refractivity contribution in [2.45, 2.75) is 144 Å². The first-order valence-corrected chi connectivity index (χ1v) is 21.1. The largest absolute Gasteiger partial charge is 0.466 e. The molecule has 302 valence electrons. The number of anilines is 2. The highest BCUT2D eigenvalue weighted by Crippen LogP contribution is 2.29. The van der Waals surface area contributed by atoms with Gasteiger partial charge in [-0.05, 0) is 61.4 Å². The number of hydrogen-bond acceptors (Lipinski definition) is 9. The molecule has 4 rings (SSSR count). The Labute approximate surface area is 335 Å². The van der Waals surface area contributed by atoms with E-state index >= 15 is 0 Å². The second-order valence-corrected chi connectivity index (χ2v) is 15.8. The van der Waals surface area contributed by atoms with Crippen molar-refractivity contribution in [3.8, 4) is 17.5 Å². The molecular weight excluding hydrogens is 701 g/mol. The minimum Gasteiger partial charge on any atom is -0.466 e. The summed E-state index contributed by atoms with van der Waals surface area (Å²) >= 11 is 0. The Morgan fingerprint density at radius 1 is 0.821 bits per heavy atom. The highest BCUT2D eigenvalue weighted by Gasteiger charge is 2.35. The second kappa shape index (κ2) is 23.3. The normalized spacial score (nSPS) is 13.0. The van der Waals surface area contributed by atoms with E-state index in [1.54, 1.807) is 16.9 Å². The Morgan fingerprint density at radius 2 is 1.45 bits per heavy atom. The number of nitrogens with zero attached hydrogens (tertiary/aromatic N) is 7. The van der Waals surface area contributed by atoms with Crippen molar-refractivity contribution in [1.82, 2.24) is 14.9 Å². The van der Waals surface area contributed by atoms with Gasteiger partial charge in [0, 0.05) is 41.9 Å². The maximum absolute atomic E-state index is 12.6. The number of carbonyl (C=O) groups is 2. The van der Waals surface area contributed by atoms with Gasteiger partial charge >= 0.3 is 5.97 Å². The third kappa shape index (κ3) is 14.3. The fourth-order valence-corrected chi connectivity index (χ4v) is 6.61. The number of benzene rings is 2. The summed E-state index contributed by atoms with van der Waals surface area (Å²) in [5, 5.41) is 21.5. The molecule has 1 amide bonds. The predicted molar refractivity (Wildman–Crippen MR) is 228 cm³/mol. The Bertz CT molecular complexity index is 1760. The van der Waals surface area contributed by atoms with Crippen molar-refractivity contribution in [3.05, 3.63) is 54.4 Å². The molecule has 1 aliphatic heterocycles. The van der Waals surface area contributed by atoms with Crippen LogP contribution in [0.5, 0.6) is 0 Å². The molecular formula is C45H64N8O3. The fraction of sp³-hybridized carbons (Fsp3) is 0.578. The highest BCUT2D eigenvalue weighted by atomic mass is 16.5. The van der Waals surface area contributed by atoms with Crippen LogP contribution in [-0.4, -0.2) is 57.9 Å². The number of nitriles is 1. The van der Waals surface area contributed by atoms with E-state index in [0.29, 0.717) is 42.6 Å². The van der Waals surface area contributed by atoms with Crippen LogP contribution in [0.3, 0.4) is 0 Å². The molecule has 56 heavy (non-hydrogen) atoms. The van der Waals surface area contributed by atoms with E-state index in [0.717, 1.165) is 54.9 Å². The van der Waals surface area contributed by atoms with Gasteiger partial charge in [0.15, 0.2) is 5.82 Å². The van der Waals surface area contributed by atoms with Gasteiger partial charge in [0.05, 0.1) is 36.9 Å². The molecule has 0 aliphatic carbocycles. The second-order valence-electron chi connectivity index (χ2n) is 15.8. The number of fused-ring (bicyclic) bond motifs is 1. The lowest BCUT2D eigenvalue weighted by Gasteiger charge is -2.23. The van der Waals surface area contributed by atoms with Gasteiger partial charge in [0.2, 0.25) is 11.7 Å². The van der Waals surface area contributed by atoms with Gasteiger partial charge < -0.3 is 15.0 Å². The van der Waals surface area contributed by atoms with Crippen molar-refractivity contribution in [1.29, 1.82) is 5.26 Å². The van der Waals surface area contributed by atoms with Gasteiger partial charge in [0.1, 0.15) is 5.71 Å². The molecule has 0 bridgehead atoms. The summed E-state index contributed by atoms with van der Waals surface area (Å²) in [6, 6.07) is 17.6. The Morgan fingerprint density at radius 3 is 2.05 bits per heavy atom. The standard InChI is InChI=1S/C45H64N8O3/c1-6-8-10-11-12-13-14-15-16-17-18-19-34-56-40(55)30-29-39(54)47-36-23-21-35(22-24-36)43-49-44-41(42(45(3,4)5)50-53(44)51-43)48-37-25-27-38(28-26-37)52(32-9-7-2)33-20-31-46/h21-28H,6-20,29-30,32-34H2,1-5H3,(H,47,54). The van der Waals surface area contributed by atoms with Crippen LogP contribution >= 0.6 is 0 Å². The van der Waals surface area contributed by atoms with Crippen LogP contribution in [0.2, 0.25) is 0 Å². The Balaban J connectivity index is 1.24. The number of aliphatic imine (C=N–C) groups is 1. The summed E-state index contributed by atoms with van der Waals surface area (Å²) in [6.07, 6.45) is 17.8. The van der Waals surface area contributed by atoms with Crippen molar-refractivity contribution < 1.29 is 14.3 Å². The van der Waals surface area contributed by atoms with Crippen molar-refractivity contribution in [2.24, 2.45) is 15.5 Å². The van der Waals surface area contributed by atoms with E-state index in [4.69, 9.17) is 25.1 Å². The summed E-state index contributed by atoms with van der Waals surface area (Å²) in [6.45, 7) is 12.7. The van der Waals surface area contributed by atoms with Gasteiger partial charge in [-0.3, -0.25) is 9.59 Å². The smallest absolute Gasteiger partial charge is 0.306 e. The molecule has 1 N–H and O–H groups in total. The van der Waals surface area contributed by atoms with E-state index < -0.39 is 0 Å². The minimum atomic E-state index is -0.337. The van der Waals surface area contributed by atoms with Gasteiger partial charge in [-0.15, -0.1) is 9.89 Å². The Hall–Kier alpha value is -4.85. The molecule has 0 unspecified atom stereocenters. The minimum absolute atomic E-state index is 0.0527. The molecule has 0 atom stereocenters. The molecule has 2 heterocycles. The molecule has 1 aliphatic rings. The van der Waals surface area contributed by atoms with E-state index in [1.165, 1.54) is 64.2 Å². The van der Waals surface area contributed by atoms with Crippen molar-refractivity contribution in [3.63, 3.8) is 0 Å². The van der Waals surface area contributed by atoms with Crippen LogP contribution in [0.15, 0.2) is 58.6 Å².